The molecule has 3 nitrogen and oxygen atoms in total. The van der Waals surface area contributed by atoms with E-state index in [1.807, 2.05) is 0 Å². The van der Waals surface area contributed by atoms with Crippen LogP contribution in [0.4, 0.5) is 8.78 Å². The second-order valence-corrected chi connectivity index (χ2v) is 7.54. The number of halogens is 2. The number of piperidine rings is 1. The maximum Gasteiger partial charge on any atom is 0.134 e. The number of H-pyrrole nitrogens is 1. The molecule has 0 radical (unpaired) electrons. The first kappa shape index (κ1) is 17.4. The molecule has 5 heteroatoms. The van der Waals surface area contributed by atoms with Crippen LogP contribution in [0.1, 0.15) is 43.7 Å². The molecule has 1 aromatic carbocycles. The van der Waals surface area contributed by atoms with Crippen LogP contribution < -0.4 is 0 Å². The molecule has 0 bridgehead atoms. The van der Waals surface area contributed by atoms with Crippen LogP contribution >= 0.6 is 0 Å². The van der Waals surface area contributed by atoms with Crippen LogP contribution in [0.25, 0.3) is 11.1 Å². The quantitative estimate of drug-likeness (QED) is 0.790. The van der Waals surface area contributed by atoms with Crippen LogP contribution in [0.2, 0.25) is 0 Å². The number of benzene rings is 1. The fourth-order valence-corrected chi connectivity index (χ4v) is 4.41. The molecule has 138 valence electrons. The maximum atomic E-state index is 14.2. The zero-order valence-corrected chi connectivity index (χ0v) is 14.9. The van der Waals surface area contributed by atoms with E-state index >= 15 is 0 Å². The van der Waals surface area contributed by atoms with Gasteiger partial charge in [-0.2, -0.15) is 5.10 Å². The summed E-state index contributed by atoms with van der Waals surface area (Å²) in [7, 11) is 0. The fourth-order valence-electron chi connectivity index (χ4n) is 4.41. The summed E-state index contributed by atoms with van der Waals surface area (Å²) >= 11 is 0. The summed E-state index contributed by atoms with van der Waals surface area (Å²) in [5.41, 5.74) is 1.46. The van der Waals surface area contributed by atoms with Crippen molar-refractivity contribution in [1.82, 2.24) is 15.1 Å². The van der Waals surface area contributed by atoms with E-state index in [0.717, 1.165) is 50.5 Å². The molecular weight excluding hydrogens is 332 g/mol. The minimum absolute atomic E-state index is 0.0331. The summed E-state index contributed by atoms with van der Waals surface area (Å²) in [5, 5.41) is 7.14. The van der Waals surface area contributed by atoms with Crippen molar-refractivity contribution < 1.29 is 8.78 Å². The van der Waals surface area contributed by atoms with Gasteiger partial charge in [-0.15, -0.1) is 0 Å². The Balaban J connectivity index is 1.53. The third-order valence-electron chi connectivity index (χ3n) is 5.71. The molecule has 1 N–H and O–H groups in total. The van der Waals surface area contributed by atoms with E-state index in [1.165, 1.54) is 31.0 Å². The molecule has 2 atom stereocenters. The lowest BCUT2D eigenvalue weighted by atomic mass is 9.88. The lowest BCUT2D eigenvalue weighted by Gasteiger charge is -2.35. The second-order valence-electron chi connectivity index (χ2n) is 7.54. The Morgan fingerprint density at radius 1 is 1.15 bits per heavy atom. The van der Waals surface area contributed by atoms with Crippen molar-refractivity contribution >= 4 is 0 Å². The van der Waals surface area contributed by atoms with E-state index in [1.54, 1.807) is 6.20 Å². The first-order chi connectivity index (χ1) is 12.7. The number of nitrogens with one attached hydrogen (secondary N) is 1. The number of likely N-dealkylation sites (tertiary alicyclic amines) is 1. The average Bonchev–Trinajstić information content (AvgIpc) is 3.12. The van der Waals surface area contributed by atoms with Crippen molar-refractivity contribution in [2.45, 2.75) is 38.0 Å². The van der Waals surface area contributed by atoms with E-state index in [4.69, 9.17) is 0 Å². The molecule has 2 aromatic rings. The zero-order chi connectivity index (χ0) is 17.9. The molecular formula is C21H25F2N3. The summed E-state index contributed by atoms with van der Waals surface area (Å²) < 4.78 is 28.5. The van der Waals surface area contributed by atoms with Crippen LogP contribution in [-0.4, -0.2) is 34.7 Å². The molecule has 0 spiro atoms. The largest absolute Gasteiger partial charge is 0.302 e. The maximum absolute atomic E-state index is 14.2. The van der Waals surface area contributed by atoms with E-state index in [9.17, 15) is 8.78 Å². The molecule has 2 aliphatic rings. The monoisotopic (exact) mass is 357 g/mol. The van der Waals surface area contributed by atoms with Crippen LogP contribution in [0, 0.1) is 17.6 Å². The summed E-state index contributed by atoms with van der Waals surface area (Å²) in [6, 6.07) is 4.01. The first-order valence-corrected chi connectivity index (χ1v) is 9.57. The van der Waals surface area contributed by atoms with Gasteiger partial charge >= 0.3 is 0 Å². The third kappa shape index (κ3) is 3.58. The Kier molecular flexibility index (Phi) is 5.16. The standard InChI is InChI=1S/C21H25F2N3/c22-18-9-4-10-19(23)20(18)17-12-24-25-21(17)16-8-5-11-26(14-16)13-15-6-2-1-3-7-15/h1-2,4,9-10,12,15-16H,3,5-8,11,13-14H2,(H,24,25)/t15-,16-/m0/s1. The summed E-state index contributed by atoms with van der Waals surface area (Å²) in [4.78, 5) is 2.51. The van der Waals surface area contributed by atoms with Gasteiger partial charge in [0.05, 0.1) is 11.8 Å². The third-order valence-corrected chi connectivity index (χ3v) is 5.71. The Morgan fingerprint density at radius 3 is 2.77 bits per heavy atom. The predicted octanol–water partition coefficient (Wildman–Crippen LogP) is 4.89. The van der Waals surface area contributed by atoms with E-state index in [-0.39, 0.29) is 11.5 Å². The van der Waals surface area contributed by atoms with Crippen LogP contribution in [0.5, 0.6) is 0 Å². The molecule has 26 heavy (non-hydrogen) atoms. The van der Waals surface area contributed by atoms with Gasteiger partial charge < -0.3 is 4.90 Å². The number of aromatic nitrogens is 2. The highest BCUT2D eigenvalue weighted by molar-refractivity contribution is 5.67. The van der Waals surface area contributed by atoms with Gasteiger partial charge in [0.15, 0.2) is 0 Å². The van der Waals surface area contributed by atoms with E-state index in [2.05, 4.69) is 27.2 Å². The van der Waals surface area contributed by atoms with Gasteiger partial charge in [-0.1, -0.05) is 18.2 Å². The number of hydrogen-bond donors (Lipinski definition) is 1. The van der Waals surface area contributed by atoms with Gasteiger partial charge in [0, 0.05) is 30.3 Å². The number of allylic oxidation sites excluding steroid dienone is 2. The van der Waals surface area contributed by atoms with Crippen LogP contribution in [0.3, 0.4) is 0 Å². The van der Waals surface area contributed by atoms with Gasteiger partial charge in [0.2, 0.25) is 0 Å². The molecule has 1 aliphatic carbocycles. The Morgan fingerprint density at radius 2 is 2.00 bits per heavy atom. The minimum atomic E-state index is -0.533. The van der Waals surface area contributed by atoms with Crippen molar-refractivity contribution in [3.8, 4) is 11.1 Å². The molecule has 2 heterocycles. The van der Waals surface area contributed by atoms with Crippen LogP contribution in [0.15, 0.2) is 36.5 Å². The molecule has 1 aliphatic heterocycles. The number of hydrogen-bond acceptors (Lipinski definition) is 2. The Hall–Kier alpha value is -2.01. The normalized spacial score (nSPS) is 24.1. The zero-order valence-electron chi connectivity index (χ0n) is 14.9. The summed E-state index contributed by atoms with van der Waals surface area (Å²) in [6.45, 7) is 3.14. The molecule has 0 unspecified atom stereocenters. The molecule has 0 saturated carbocycles. The van der Waals surface area contributed by atoms with E-state index < -0.39 is 11.6 Å². The van der Waals surface area contributed by atoms with Crippen molar-refractivity contribution in [3.05, 3.63) is 53.9 Å². The number of aromatic amines is 1. The molecule has 1 fully saturated rings. The Bertz CT molecular complexity index is 763. The number of rotatable bonds is 4. The smallest absolute Gasteiger partial charge is 0.134 e. The fraction of sp³-hybridized carbons (Fsp3) is 0.476. The molecule has 0 amide bonds. The topological polar surface area (TPSA) is 31.9 Å². The van der Waals surface area contributed by atoms with Gasteiger partial charge in [0.1, 0.15) is 11.6 Å². The predicted molar refractivity (Wildman–Crippen MR) is 98.8 cm³/mol. The van der Waals surface area contributed by atoms with Gasteiger partial charge in [-0.05, 0) is 56.7 Å². The Labute approximate surface area is 153 Å². The highest BCUT2D eigenvalue weighted by atomic mass is 19.1. The minimum Gasteiger partial charge on any atom is -0.302 e. The lowest BCUT2D eigenvalue weighted by Crippen LogP contribution is -2.38. The van der Waals surface area contributed by atoms with Crippen molar-refractivity contribution in [2.24, 2.45) is 5.92 Å². The van der Waals surface area contributed by atoms with Crippen molar-refractivity contribution in [1.29, 1.82) is 0 Å². The van der Waals surface area contributed by atoms with Gasteiger partial charge in [0.25, 0.3) is 0 Å². The highest BCUT2D eigenvalue weighted by Gasteiger charge is 2.28. The summed E-state index contributed by atoms with van der Waals surface area (Å²) in [5.74, 6) is -0.105. The lowest BCUT2D eigenvalue weighted by molar-refractivity contribution is 0.173. The van der Waals surface area contributed by atoms with Crippen molar-refractivity contribution in [3.63, 3.8) is 0 Å². The second kappa shape index (κ2) is 7.70. The van der Waals surface area contributed by atoms with Gasteiger partial charge in [-0.3, -0.25) is 5.10 Å². The number of nitrogens with zero attached hydrogens (tertiary/aromatic N) is 2. The highest BCUT2D eigenvalue weighted by Crippen LogP contribution is 2.35. The van der Waals surface area contributed by atoms with E-state index in [0.29, 0.717) is 5.56 Å². The molecule has 1 aromatic heterocycles. The molecule has 4 rings (SSSR count). The molecule has 1 saturated heterocycles. The van der Waals surface area contributed by atoms with Crippen molar-refractivity contribution in [2.75, 3.05) is 19.6 Å². The first-order valence-electron chi connectivity index (χ1n) is 9.57. The van der Waals surface area contributed by atoms with Crippen LogP contribution in [-0.2, 0) is 0 Å². The average molecular weight is 357 g/mol. The summed E-state index contributed by atoms with van der Waals surface area (Å²) in [6.07, 6.45) is 11.8. The van der Waals surface area contributed by atoms with Gasteiger partial charge in [-0.25, -0.2) is 8.78 Å². The SMILES string of the molecule is Fc1cccc(F)c1-c1cn[nH]c1[C@H]1CCCN(C[C@H]2CC=CCC2)C1.